The second kappa shape index (κ2) is 5.82. The maximum absolute atomic E-state index is 11.9. The molecule has 0 saturated carbocycles. The van der Waals surface area contributed by atoms with Crippen LogP contribution >= 0.6 is 11.6 Å². The van der Waals surface area contributed by atoms with Crippen molar-refractivity contribution in [1.82, 2.24) is 0 Å². The minimum absolute atomic E-state index is 0.0225. The van der Waals surface area contributed by atoms with E-state index in [2.05, 4.69) is 0 Å². The number of aliphatic carboxylic acids is 1. The van der Waals surface area contributed by atoms with Crippen LogP contribution < -0.4 is 0 Å². The average molecular weight is 255 g/mol. The van der Waals surface area contributed by atoms with E-state index in [0.717, 1.165) is 0 Å². The Morgan fingerprint density at radius 2 is 1.76 bits per heavy atom. The number of halogens is 1. The van der Waals surface area contributed by atoms with Gasteiger partial charge in [-0.15, -0.1) is 0 Å². The smallest absolute Gasteiger partial charge is 0.307 e. The average Bonchev–Trinajstić information content (AvgIpc) is 2.25. The first-order valence-electron chi connectivity index (χ1n) is 5.43. The first-order valence-corrected chi connectivity index (χ1v) is 5.81. The SMILES string of the molecule is CC(C)C(CC(=O)c1ccc(Cl)cc1)C(=O)O. The summed E-state index contributed by atoms with van der Waals surface area (Å²) in [6.07, 6.45) is 0.0225. The Balaban J connectivity index is 2.77. The van der Waals surface area contributed by atoms with Crippen LogP contribution in [0.2, 0.25) is 5.02 Å². The van der Waals surface area contributed by atoms with Gasteiger partial charge in [-0.25, -0.2) is 0 Å². The Kier molecular flexibility index (Phi) is 4.70. The van der Waals surface area contributed by atoms with Crippen molar-refractivity contribution in [3.8, 4) is 0 Å². The van der Waals surface area contributed by atoms with Gasteiger partial charge in [0.1, 0.15) is 0 Å². The van der Waals surface area contributed by atoms with Gasteiger partial charge in [-0.3, -0.25) is 9.59 Å². The summed E-state index contributed by atoms with van der Waals surface area (Å²) in [5, 5.41) is 9.57. The normalized spacial score (nSPS) is 12.5. The number of carboxylic acid groups (broad SMARTS) is 1. The third-order valence-corrected chi connectivity index (χ3v) is 2.95. The van der Waals surface area contributed by atoms with E-state index in [9.17, 15) is 9.59 Å². The van der Waals surface area contributed by atoms with E-state index in [4.69, 9.17) is 16.7 Å². The van der Waals surface area contributed by atoms with Crippen LogP contribution in [0.1, 0.15) is 30.6 Å². The Morgan fingerprint density at radius 1 is 1.24 bits per heavy atom. The predicted molar refractivity (Wildman–Crippen MR) is 66.4 cm³/mol. The molecule has 1 N–H and O–H groups in total. The first kappa shape index (κ1) is 13.7. The zero-order valence-corrected chi connectivity index (χ0v) is 10.6. The topological polar surface area (TPSA) is 54.4 Å². The summed E-state index contributed by atoms with van der Waals surface area (Å²) in [7, 11) is 0. The molecule has 0 saturated heterocycles. The number of hydrogen-bond donors (Lipinski definition) is 1. The summed E-state index contributed by atoms with van der Waals surface area (Å²) in [4.78, 5) is 22.9. The number of Topliss-reactive ketones (excluding diaryl/α,β-unsaturated/α-hetero) is 1. The van der Waals surface area contributed by atoms with Crippen LogP contribution in [-0.4, -0.2) is 16.9 Å². The minimum Gasteiger partial charge on any atom is -0.481 e. The molecule has 0 fully saturated rings. The van der Waals surface area contributed by atoms with E-state index >= 15 is 0 Å². The van der Waals surface area contributed by atoms with E-state index in [-0.39, 0.29) is 18.1 Å². The predicted octanol–water partition coefficient (Wildman–Crippen LogP) is 3.27. The Bertz CT molecular complexity index is 409. The molecule has 0 aliphatic heterocycles. The van der Waals surface area contributed by atoms with Gasteiger partial charge in [-0.05, 0) is 30.2 Å². The molecule has 0 aromatic heterocycles. The van der Waals surface area contributed by atoms with Gasteiger partial charge in [0.2, 0.25) is 0 Å². The maximum Gasteiger partial charge on any atom is 0.307 e. The van der Waals surface area contributed by atoms with Crippen LogP contribution in [0.3, 0.4) is 0 Å². The molecule has 1 rings (SSSR count). The minimum atomic E-state index is -0.928. The second-order valence-corrected chi connectivity index (χ2v) is 4.76. The fourth-order valence-electron chi connectivity index (χ4n) is 1.56. The highest BCUT2D eigenvalue weighted by molar-refractivity contribution is 6.30. The first-order chi connectivity index (χ1) is 7.91. The highest BCUT2D eigenvalue weighted by Crippen LogP contribution is 2.19. The lowest BCUT2D eigenvalue weighted by molar-refractivity contribution is -0.143. The van der Waals surface area contributed by atoms with Gasteiger partial charge in [-0.2, -0.15) is 0 Å². The third kappa shape index (κ3) is 3.86. The molecule has 17 heavy (non-hydrogen) atoms. The molecule has 1 aromatic carbocycles. The molecule has 92 valence electrons. The molecule has 1 atom stereocenters. The molecule has 0 aliphatic carbocycles. The largest absolute Gasteiger partial charge is 0.481 e. The number of benzene rings is 1. The number of carboxylic acids is 1. The van der Waals surface area contributed by atoms with Gasteiger partial charge in [0.15, 0.2) is 5.78 Å². The van der Waals surface area contributed by atoms with Gasteiger partial charge in [0.25, 0.3) is 0 Å². The van der Waals surface area contributed by atoms with E-state index in [1.54, 1.807) is 38.1 Å². The second-order valence-electron chi connectivity index (χ2n) is 4.32. The van der Waals surface area contributed by atoms with Crippen molar-refractivity contribution >= 4 is 23.4 Å². The zero-order valence-electron chi connectivity index (χ0n) is 9.81. The molecule has 0 spiro atoms. The quantitative estimate of drug-likeness (QED) is 0.821. The van der Waals surface area contributed by atoms with Crippen molar-refractivity contribution in [2.75, 3.05) is 0 Å². The van der Waals surface area contributed by atoms with Gasteiger partial charge in [0.05, 0.1) is 5.92 Å². The van der Waals surface area contributed by atoms with E-state index in [0.29, 0.717) is 10.6 Å². The Morgan fingerprint density at radius 3 is 2.18 bits per heavy atom. The number of carbonyl (C=O) groups excluding carboxylic acids is 1. The van der Waals surface area contributed by atoms with E-state index in [1.165, 1.54) is 0 Å². The highest BCUT2D eigenvalue weighted by atomic mass is 35.5. The van der Waals surface area contributed by atoms with Crippen molar-refractivity contribution in [2.45, 2.75) is 20.3 Å². The molecule has 1 unspecified atom stereocenters. The van der Waals surface area contributed by atoms with Crippen molar-refractivity contribution in [2.24, 2.45) is 11.8 Å². The number of carbonyl (C=O) groups is 2. The lowest BCUT2D eigenvalue weighted by Gasteiger charge is -2.15. The summed E-state index contributed by atoms with van der Waals surface area (Å²) >= 11 is 5.72. The fourth-order valence-corrected chi connectivity index (χ4v) is 1.69. The lowest BCUT2D eigenvalue weighted by Crippen LogP contribution is -2.23. The van der Waals surface area contributed by atoms with Crippen LogP contribution in [0.15, 0.2) is 24.3 Å². The monoisotopic (exact) mass is 254 g/mol. The summed E-state index contributed by atoms with van der Waals surface area (Å²) in [6, 6.07) is 6.48. The summed E-state index contributed by atoms with van der Waals surface area (Å²) in [5.41, 5.74) is 0.501. The van der Waals surface area contributed by atoms with Gasteiger partial charge in [0, 0.05) is 17.0 Å². The lowest BCUT2D eigenvalue weighted by atomic mass is 9.89. The van der Waals surface area contributed by atoms with Gasteiger partial charge in [-0.1, -0.05) is 25.4 Å². The molecular formula is C13H15ClO3. The molecule has 4 heteroatoms. The molecule has 0 radical (unpaired) electrons. The molecule has 1 aromatic rings. The fraction of sp³-hybridized carbons (Fsp3) is 0.385. The standard InChI is InChI=1S/C13H15ClO3/c1-8(2)11(13(16)17)7-12(15)9-3-5-10(14)6-4-9/h3-6,8,11H,7H2,1-2H3,(H,16,17). The Hall–Kier alpha value is -1.35. The van der Waals surface area contributed by atoms with Crippen LogP contribution in [0.4, 0.5) is 0 Å². The van der Waals surface area contributed by atoms with Gasteiger partial charge < -0.3 is 5.11 Å². The molecule has 0 amide bonds. The molecule has 0 bridgehead atoms. The van der Waals surface area contributed by atoms with Crippen LogP contribution in [-0.2, 0) is 4.79 Å². The molecule has 0 aliphatic rings. The summed E-state index contributed by atoms with van der Waals surface area (Å²) in [5.74, 6) is -1.80. The van der Waals surface area contributed by atoms with Crippen molar-refractivity contribution in [3.05, 3.63) is 34.9 Å². The van der Waals surface area contributed by atoms with Crippen molar-refractivity contribution < 1.29 is 14.7 Å². The number of hydrogen-bond acceptors (Lipinski definition) is 2. The van der Waals surface area contributed by atoms with Crippen LogP contribution in [0.5, 0.6) is 0 Å². The Labute approximate surface area is 105 Å². The molecule has 0 heterocycles. The van der Waals surface area contributed by atoms with Crippen LogP contribution in [0, 0.1) is 11.8 Å². The van der Waals surface area contributed by atoms with E-state index < -0.39 is 11.9 Å². The highest BCUT2D eigenvalue weighted by Gasteiger charge is 2.24. The zero-order chi connectivity index (χ0) is 13.0. The molecule has 3 nitrogen and oxygen atoms in total. The van der Waals surface area contributed by atoms with Crippen molar-refractivity contribution in [1.29, 1.82) is 0 Å². The summed E-state index contributed by atoms with van der Waals surface area (Å²) < 4.78 is 0. The summed E-state index contributed by atoms with van der Waals surface area (Å²) in [6.45, 7) is 3.60. The van der Waals surface area contributed by atoms with Crippen molar-refractivity contribution in [3.63, 3.8) is 0 Å². The van der Waals surface area contributed by atoms with Gasteiger partial charge >= 0.3 is 5.97 Å². The number of ketones is 1. The maximum atomic E-state index is 11.9. The van der Waals surface area contributed by atoms with Crippen LogP contribution in [0.25, 0.3) is 0 Å². The molecular weight excluding hydrogens is 240 g/mol. The third-order valence-electron chi connectivity index (χ3n) is 2.69. The number of rotatable bonds is 5. The van der Waals surface area contributed by atoms with E-state index in [1.807, 2.05) is 0 Å².